The third-order valence-electron chi connectivity index (χ3n) is 1.21. The minimum atomic E-state index is 0. The maximum absolute atomic E-state index is 2.89. The van der Waals surface area contributed by atoms with Gasteiger partial charge in [-0.1, -0.05) is 0 Å². The standard InChI is InChI=1S/2C6H5.2ClH.Ti/c2*1-2-4-6-5-3-1;;;/h2*1-5H;2*1H;/q2*-1;;;+2/p-2. The van der Waals surface area contributed by atoms with Crippen molar-refractivity contribution >= 4 is 0 Å². The van der Waals surface area contributed by atoms with E-state index in [0.717, 1.165) is 0 Å². The molecule has 2 aromatic carbocycles. The largest absolute Gasteiger partial charge is 2.00 e. The van der Waals surface area contributed by atoms with Crippen LogP contribution in [0.5, 0.6) is 0 Å². The first kappa shape index (κ1) is 20.2. The Morgan fingerprint density at radius 3 is 0.800 bits per heavy atom. The van der Waals surface area contributed by atoms with Crippen LogP contribution in [0.1, 0.15) is 0 Å². The monoisotopic (exact) mass is 272 g/mol. The van der Waals surface area contributed by atoms with E-state index in [9.17, 15) is 0 Å². The van der Waals surface area contributed by atoms with Gasteiger partial charge in [-0.3, -0.25) is 0 Å². The second-order valence-corrected chi connectivity index (χ2v) is 2.15. The van der Waals surface area contributed by atoms with E-state index < -0.39 is 0 Å². The van der Waals surface area contributed by atoms with Gasteiger partial charge in [-0.2, -0.15) is 72.8 Å². The van der Waals surface area contributed by atoms with E-state index in [0.29, 0.717) is 0 Å². The summed E-state index contributed by atoms with van der Waals surface area (Å²) in [6, 6.07) is 25.0. The summed E-state index contributed by atoms with van der Waals surface area (Å²) in [5, 5.41) is 0. The molecule has 0 aliphatic carbocycles. The molecule has 0 spiro atoms. The van der Waals surface area contributed by atoms with E-state index >= 15 is 0 Å². The Bertz CT molecular complexity index is 189. The summed E-state index contributed by atoms with van der Waals surface area (Å²) < 4.78 is 0. The third kappa shape index (κ3) is 13.7. The van der Waals surface area contributed by atoms with Crippen LogP contribution >= 0.6 is 0 Å². The Balaban J connectivity index is -0.000000160. The van der Waals surface area contributed by atoms with E-state index in [1.807, 2.05) is 60.7 Å². The predicted molar refractivity (Wildman–Crippen MR) is 50.6 cm³/mol. The smallest absolute Gasteiger partial charge is 1.00 e. The van der Waals surface area contributed by atoms with Crippen LogP contribution in [0.15, 0.2) is 60.7 Å². The van der Waals surface area contributed by atoms with E-state index in [1.54, 1.807) is 0 Å². The number of halogens is 2. The second kappa shape index (κ2) is 16.2. The molecule has 0 aliphatic heterocycles. The molecule has 0 aromatic heterocycles. The van der Waals surface area contributed by atoms with Crippen LogP contribution in [0.25, 0.3) is 0 Å². The first-order valence-corrected chi connectivity index (χ1v) is 3.82. The van der Waals surface area contributed by atoms with Crippen molar-refractivity contribution in [1.29, 1.82) is 0 Å². The number of hydrogen-bond donors (Lipinski definition) is 0. The Kier molecular flexibility index (Phi) is 21.8. The molecule has 0 radical (unpaired) electrons. The predicted octanol–water partition coefficient (Wildman–Crippen LogP) is -3.02. The van der Waals surface area contributed by atoms with Gasteiger partial charge in [-0.25, -0.2) is 0 Å². The Labute approximate surface area is 119 Å². The van der Waals surface area contributed by atoms with Crippen molar-refractivity contribution in [2.24, 2.45) is 0 Å². The van der Waals surface area contributed by atoms with Gasteiger partial charge in [0.1, 0.15) is 0 Å². The van der Waals surface area contributed by atoms with Crippen molar-refractivity contribution in [3.8, 4) is 0 Å². The number of rotatable bonds is 0. The summed E-state index contributed by atoms with van der Waals surface area (Å²) in [5.41, 5.74) is 0. The molecule has 2 rings (SSSR count). The molecule has 2 aromatic rings. The van der Waals surface area contributed by atoms with Crippen LogP contribution < -0.4 is 24.8 Å². The van der Waals surface area contributed by atoms with E-state index in [1.165, 1.54) is 0 Å². The normalized spacial score (nSPS) is 6.40. The Morgan fingerprint density at radius 1 is 0.467 bits per heavy atom. The third-order valence-corrected chi connectivity index (χ3v) is 1.21. The summed E-state index contributed by atoms with van der Waals surface area (Å²) in [7, 11) is 0. The molecule has 78 valence electrons. The fraction of sp³-hybridized carbons (Fsp3) is 0. The van der Waals surface area contributed by atoms with Gasteiger partial charge in [-0.15, -0.1) is 0 Å². The summed E-state index contributed by atoms with van der Waals surface area (Å²) in [6.07, 6.45) is 0. The van der Waals surface area contributed by atoms with Crippen LogP contribution in [0.2, 0.25) is 0 Å². The average molecular weight is 273 g/mol. The average Bonchev–Trinajstić information content (AvgIpc) is 2.24. The zero-order chi connectivity index (χ0) is 8.49. The molecule has 0 heterocycles. The minimum Gasteiger partial charge on any atom is -1.00 e. The molecule has 0 amide bonds. The molecule has 0 bridgehead atoms. The second-order valence-electron chi connectivity index (χ2n) is 2.15. The minimum absolute atomic E-state index is 0. The van der Waals surface area contributed by atoms with Crippen LogP contribution in [-0.2, 0) is 21.7 Å². The molecule has 3 heteroatoms. The van der Waals surface area contributed by atoms with Gasteiger partial charge in [0.25, 0.3) is 0 Å². The van der Waals surface area contributed by atoms with Gasteiger partial charge in [0.05, 0.1) is 0 Å². The molecular formula is C12H10Cl2Ti-2. The molecule has 0 unspecified atom stereocenters. The van der Waals surface area contributed by atoms with Gasteiger partial charge in [-0.05, 0) is 0 Å². The summed E-state index contributed by atoms with van der Waals surface area (Å²) in [4.78, 5) is 0. The van der Waals surface area contributed by atoms with Crippen LogP contribution in [-0.4, -0.2) is 0 Å². The number of hydrogen-bond acceptors (Lipinski definition) is 0. The summed E-state index contributed by atoms with van der Waals surface area (Å²) in [5.74, 6) is 0. The fourth-order valence-electron chi connectivity index (χ4n) is 0.684. The van der Waals surface area contributed by atoms with Crippen molar-refractivity contribution in [3.63, 3.8) is 0 Å². The fourth-order valence-corrected chi connectivity index (χ4v) is 0.684. The summed E-state index contributed by atoms with van der Waals surface area (Å²) in [6.45, 7) is 0. The van der Waals surface area contributed by atoms with E-state index in [2.05, 4.69) is 12.1 Å². The van der Waals surface area contributed by atoms with E-state index in [-0.39, 0.29) is 46.5 Å². The molecule has 0 saturated heterocycles. The van der Waals surface area contributed by atoms with Gasteiger partial charge >= 0.3 is 21.7 Å². The number of benzene rings is 2. The molecular weight excluding hydrogens is 263 g/mol. The first-order valence-electron chi connectivity index (χ1n) is 3.82. The van der Waals surface area contributed by atoms with Crippen LogP contribution in [0.3, 0.4) is 0 Å². The van der Waals surface area contributed by atoms with Crippen LogP contribution in [0.4, 0.5) is 0 Å². The molecule has 0 saturated carbocycles. The van der Waals surface area contributed by atoms with Gasteiger partial charge < -0.3 is 24.8 Å². The molecule has 15 heavy (non-hydrogen) atoms. The first-order chi connectivity index (χ1) is 6.00. The maximum atomic E-state index is 2.89. The Hall–Kier alpha value is -0.266. The summed E-state index contributed by atoms with van der Waals surface area (Å²) >= 11 is 0. The quantitative estimate of drug-likeness (QED) is 0.354. The topological polar surface area (TPSA) is 0 Å². The van der Waals surface area contributed by atoms with Crippen molar-refractivity contribution < 1.29 is 46.5 Å². The molecule has 0 nitrogen and oxygen atoms in total. The molecule has 0 fully saturated rings. The van der Waals surface area contributed by atoms with E-state index in [4.69, 9.17) is 0 Å². The SMILES string of the molecule is [Cl-].[Cl-].[Ti+2].[c-]1ccccc1.[c-]1ccccc1. The van der Waals surface area contributed by atoms with Gasteiger partial charge in [0, 0.05) is 0 Å². The van der Waals surface area contributed by atoms with Crippen molar-refractivity contribution in [2.45, 2.75) is 0 Å². The Morgan fingerprint density at radius 2 is 0.733 bits per heavy atom. The van der Waals surface area contributed by atoms with Gasteiger partial charge in [0.15, 0.2) is 0 Å². The van der Waals surface area contributed by atoms with Crippen LogP contribution in [0, 0.1) is 12.1 Å². The maximum Gasteiger partial charge on any atom is 2.00 e. The van der Waals surface area contributed by atoms with Crippen molar-refractivity contribution in [1.82, 2.24) is 0 Å². The van der Waals surface area contributed by atoms with Crippen molar-refractivity contribution in [2.75, 3.05) is 0 Å². The van der Waals surface area contributed by atoms with Crippen molar-refractivity contribution in [3.05, 3.63) is 72.8 Å². The molecule has 0 N–H and O–H groups in total. The zero-order valence-corrected chi connectivity index (χ0v) is 11.1. The zero-order valence-electron chi connectivity index (χ0n) is 8.03. The van der Waals surface area contributed by atoms with Gasteiger partial charge in [0.2, 0.25) is 0 Å². The molecule has 0 atom stereocenters. The molecule has 0 aliphatic rings.